The van der Waals surface area contributed by atoms with Crippen LogP contribution in [0.1, 0.15) is 42.5 Å². The minimum Gasteiger partial charge on any atom is -0.477 e. The summed E-state index contributed by atoms with van der Waals surface area (Å²) in [5, 5.41) is 4.18. The predicted octanol–water partition coefficient (Wildman–Crippen LogP) is 3.37. The Morgan fingerprint density at radius 2 is 1.67 bits per heavy atom. The highest BCUT2D eigenvalue weighted by Gasteiger charge is 2.60. The number of aryl methyl sites for hydroxylation is 1. The van der Waals surface area contributed by atoms with Crippen LogP contribution in [0.15, 0.2) is 6.20 Å². The summed E-state index contributed by atoms with van der Waals surface area (Å²) in [4.78, 5) is 27.8. The average Bonchev–Trinajstić information content (AvgIpc) is 3.35. The summed E-state index contributed by atoms with van der Waals surface area (Å²) in [6.07, 6.45) is -13.5. The zero-order valence-electron chi connectivity index (χ0n) is 17.4. The maximum atomic E-state index is 13.3. The number of fused-ring (bicyclic) bond motifs is 1. The first kappa shape index (κ1) is 23.5. The predicted molar refractivity (Wildman–Crippen MR) is 98.5 cm³/mol. The van der Waals surface area contributed by atoms with Gasteiger partial charge in [-0.2, -0.15) is 31.4 Å². The van der Waals surface area contributed by atoms with E-state index in [1.54, 1.807) is 9.58 Å². The van der Waals surface area contributed by atoms with E-state index in [1.807, 2.05) is 0 Å². The van der Waals surface area contributed by atoms with E-state index in [9.17, 15) is 35.9 Å². The number of nitrogens with zero attached hydrogens (tertiary/aromatic N) is 4. The molecule has 0 unspecified atom stereocenters. The third-order valence-corrected chi connectivity index (χ3v) is 6.38. The van der Waals surface area contributed by atoms with Crippen molar-refractivity contribution in [3.63, 3.8) is 0 Å². The van der Waals surface area contributed by atoms with Gasteiger partial charge in [-0.15, -0.1) is 0 Å². The Hall–Kier alpha value is -2.67. The highest BCUT2D eigenvalue weighted by atomic mass is 19.4. The van der Waals surface area contributed by atoms with E-state index in [-0.39, 0.29) is 31.8 Å². The third-order valence-electron chi connectivity index (χ3n) is 6.38. The molecule has 0 N–H and O–H groups in total. The smallest absolute Gasteiger partial charge is 0.434 e. The second kappa shape index (κ2) is 8.28. The molecule has 184 valence electrons. The fourth-order valence-corrected chi connectivity index (χ4v) is 4.74. The van der Waals surface area contributed by atoms with Gasteiger partial charge in [0.25, 0.3) is 12.0 Å². The van der Waals surface area contributed by atoms with Gasteiger partial charge in [0, 0.05) is 38.1 Å². The van der Waals surface area contributed by atoms with Crippen LogP contribution in [0.25, 0.3) is 0 Å². The number of alkyl halides is 6. The molecule has 4 rings (SSSR count). The molecule has 8 nitrogen and oxygen atoms in total. The molecule has 3 aliphatic heterocycles. The molecule has 3 aliphatic rings. The summed E-state index contributed by atoms with van der Waals surface area (Å²) in [6.45, 7) is 1.27. The minimum absolute atomic E-state index is 0.131. The largest absolute Gasteiger partial charge is 0.477 e. The third kappa shape index (κ3) is 4.43. The molecule has 0 saturated carbocycles. The second-order valence-electron chi connectivity index (χ2n) is 8.41. The van der Waals surface area contributed by atoms with Gasteiger partial charge in [-0.25, -0.2) is 9.48 Å². The van der Waals surface area contributed by atoms with Crippen molar-refractivity contribution >= 4 is 12.0 Å². The van der Waals surface area contributed by atoms with Gasteiger partial charge in [-0.05, 0) is 25.7 Å². The van der Waals surface area contributed by atoms with Crippen molar-refractivity contribution in [3.8, 4) is 5.88 Å². The Balaban J connectivity index is 1.43. The molecule has 2 amide bonds. The van der Waals surface area contributed by atoms with Crippen LogP contribution in [-0.4, -0.2) is 81.8 Å². The van der Waals surface area contributed by atoms with Gasteiger partial charge in [-0.3, -0.25) is 4.79 Å². The van der Waals surface area contributed by atoms with Crippen molar-refractivity contribution in [2.24, 2.45) is 0 Å². The molecule has 4 heterocycles. The van der Waals surface area contributed by atoms with E-state index in [1.165, 1.54) is 6.20 Å². The lowest BCUT2D eigenvalue weighted by atomic mass is 9.84. The lowest BCUT2D eigenvalue weighted by molar-refractivity contribution is -0.308. The molecule has 1 spiro atoms. The van der Waals surface area contributed by atoms with Crippen LogP contribution in [-0.2, 0) is 11.3 Å². The van der Waals surface area contributed by atoms with E-state index in [2.05, 4.69) is 9.84 Å². The molecule has 1 aromatic rings. The Morgan fingerprint density at radius 1 is 1.00 bits per heavy atom. The molecule has 0 aromatic carbocycles. The second-order valence-corrected chi connectivity index (χ2v) is 8.41. The molecule has 1 aromatic heterocycles. The van der Waals surface area contributed by atoms with E-state index in [0.29, 0.717) is 44.0 Å². The molecule has 0 bridgehead atoms. The number of carbonyl (C=O) groups excluding carboxylic acids is 2. The summed E-state index contributed by atoms with van der Waals surface area (Å²) >= 11 is 0. The number of amides is 2. The molecule has 0 atom stereocenters. The van der Waals surface area contributed by atoms with Crippen LogP contribution >= 0.6 is 0 Å². The van der Waals surface area contributed by atoms with Crippen LogP contribution in [0.2, 0.25) is 0 Å². The van der Waals surface area contributed by atoms with Crippen LogP contribution in [0.5, 0.6) is 5.88 Å². The van der Waals surface area contributed by atoms with Crippen LogP contribution in [0, 0.1) is 0 Å². The number of piperidine rings is 1. The number of ether oxygens (including phenoxy) is 2. The molecule has 33 heavy (non-hydrogen) atoms. The topological polar surface area (TPSA) is 76.9 Å². The van der Waals surface area contributed by atoms with Crippen molar-refractivity contribution in [2.75, 3.05) is 26.2 Å². The van der Waals surface area contributed by atoms with Crippen molar-refractivity contribution < 1.29 is 45.4 Å². The molecule has 0 aliphatic carbocycles. The zero-order chi connectivity index (χ0) is 24.0. The van der Waals surface area contributed by atoms with Crippen molar-refractivity contribution in [2.45, 2.75) is 62.6 Å². The number of rotatable bonds is 2. The summed E-state index contributed by atoms with van der Waals surface area (Å²) < 4.78 is 87.2. The van der Waals surface area contributed by atoms with E-state index < -0.39 is 30.1 Å². The normalized spacial score (nSPS) is 20.7. The van der Waals surface area contributed by atoms with Gasteiger partial charge in [0.1, 0.15) is 5.56 Å². The number of aromatic nitrogens is 2. The maximum Gasteiger partial charge on any atom is 0.434 e. The first-order chi connectivity index (χ1) is 15.4. The minimum atomic E-state index is -5.77. The fourth-order valence-electron chi connectivity index (χ4n) is 4.74. The van der Waals surface area contributed by atoms with E-state index in [0.717, 1.165) is 11.3 Å². The zero-order valence-corrected chi connectivity index (χ0v) is 17.4. The average molecular weight is 484 g/mol. The van der Waals surface area contributed by atoms with E-state index in [4.69, 9.17) is 4.74 Å². The number of hydrogen-bond acceptors (Lipinski definition) is 5. The molecular weight excluding hydrogens is 462 g/mol. The SMILES string of the molecule is O=C(OC(C(F)(F)F)C(F)(F)F)N1CCC2(CCCN2C(=O)c2cnn3c2OCCC3)CC1. The Morgan fingerprint density at radius 3 is 2.30 bits per heavy atom. The van der Waals surface area contributed by atoms with Crippen molar-refractivity contribution in [1.82, 2.24) is 19.6 Å². The van der Waals surface area contributed by atoms with E-state index >= 15 is 0 Å². The summed E-state index contributed by atoms with van der Waals surface area (Å²) in [6, 6.07) is 0. The Labute approximate surface area is 184 Å². The van der Waals surface area contributed by atoms with Crippen molar-refractivity contribution in [1.29, 1.82) is 0 Å². The van der Waals surface area contributed by atoms with Gasteiger partial charge in [-0.1, -0.05) is 0 Å². The van der Waals surface area contributed by atoms with Gasteiger partial charge >= 0.3 is 18.4 Å². The van der Waals surface area contributed by atoms with Crippen LogP contribution in [0.3, 0.4) is 0 Å². The molecule has 2 saturated heterocycles. The van der Waals surface area contributed by atoms with Gasteiger partial charge in [0.05, 0.1) is 12.8 Å². The number of carbonyl (C=O) groups is 2. The van der Waals surface area contributed by atoms with Crippen molar-refractivity contribution in [3.05, 3.63) is 11.8 Å². The van der Waals surface area contributed by atoms with Gasteiger partial charge in [0.15, 0.2) is 0 Å². The maximum absolute atomic E-state index is 13.3. The lowest BCUT2D eigenvalue weighted by Gasteiger charge is -2.44. The quantitative estimate of drug-likeness (QED) is 0.602. The highest BCUT2D eigenvalue weighted by Crippen LogP contribution is 2.41. The Kier molecular flexibility index (Phi) is 5.89. The summed E-state index contributed by atoms with van der Waals surface area (Å²) in [5.74, 6) is 0.0977. The van der Waals surface area contributed by atoms with Gasteiger partial charge in [0.2, 0.25) is 5.88 Å². The number of halogens is 6. The van der Waals surface area contributed by atoms with Gasteiger partial charge < -0.3 is 19.3 Å². The van der Waals surface area contributed by atoms with Crippen LogP contribution in [0.4, 0.5) is 31.1 Å². The molecule has 14 heteroatoms. The Bertz CT molecular complexity index is 893. The molecule has 2 fully saturated rings. The lowest BCUT2D eigenvalue weighted by Crippen LogP contribution is -2.56. The standard InChI is InChI=1S/C19H22F6N4O4/c20-18(21,22)15(19(23,24)25)33-16(31)27-8-4-17(5-9-27)3-1-6-28(17)13(30)12-11-26-29-7-2-10-32-14(12)29/h11,15H,1-10H2. The number of hydrogen-bond donors (Lipinski definition) is 0. The monoisotopic (exact) mass is 484 g/mol. The fraction of sp³-hybridized carbons (Fsp3) is 0.737. The summed E-state index contributed by atoms with van der Waals surface area (Å²) in [7, 11) is 0. The molecule has 0 radical (unpaired) electrons. The summed E-state index contributed by atoms with van der Waals surface area (Å²) in [5.41, 5.74) is -0.332. The first-order valence-corrected chi connectivity index (χ1v) is 10.5. The first-order valence-electron chi connectivity index (χ1n) is 10.5. The number of likely N-dealkylation sites (tertiary alicyclic amines) is 2. The van der Waals surface area contributed by atoms with Crippen LogP contribution < -0.4 is 4.74 Å². The molecular formula is C19H22F6N4O4. The highest BCUT2D eigenvalue weighted by molar-refractivity contribution is 5.97.